The van der Waals surface area contributed by atoms with E-state index in [4.69, 9.17) is 11.0 Å². The molecule has 0 saturated carbocycles. The maximum Gasteiger partial charge on any atom is 0.269 e. The van der Waals surface area contributed by atoms with Gasteiger partial charge in [0.05, 0.1) is 30.1 Å². The van der Waals surface area contributed by atoms with Crippen LogP contribution in [0.1, 0.15) is 11.1 Å². The van der Waals surface area contributed by atoms with Crippen LogP contribution in [-0.2, 0) is 6.54 Å². The van der Waals surface area contributed by atoms with Gasteiger partial charge in [-0.3, -0.25) is 4.79 Å². The fourth-order valence-electron chi connectivity index (χ4n) is 1.83. The van der Waals surface area contributed by atoms with E-state index in [0.717, 1.165) is 0 Å². The van der Waals surface area contributed by atoms with E-state index in [9.17, 15) is 9.18 Å². The lowest BCUT2D eigenvalue weighted by Gasteiger charge is -2.08. The summed E-state index contributed by atoms with van der Waals surface area (Å²) in [5.41, 5.74) is 6.32. The van der Waals surface area contributed by atoms with Gasteiger partial charge in [-0.1, -0.05) is 0 Å². The fraction of sp³-hybridized carbons (Fsp3) is 0.214. The van der Waals surface area contributed by atoms with E-state index in [1.54, 1.807) is 0 Å². The van der Waals surface area contributed by atoms with Gasteiger partial charge in [0.25, 0.3) is 5.56 Å². The second kappa shape index (κ2) is 6.63. The molecule has 0 aliphatic carbocycles. The van der Waals surface area contributed by atoms with Crippen molar-refractivity contribution in [1.29, 1.82) is 5.26 Å². The van der Waals surface area contributed by atoms with Gasteiger partial charge in [-0.2, -0.15) is 10.4 Å². The third kappa shape index (κ3) is 3.64. The van der Waals surface area contributed by atoms with Crippen LogP contribution in [0.2, 0.25) is 0 Å². The number of aromatic nitrogens is 2. The van der Waals surface area contributed by atoms with Crippen LogP contribution >= 0.6 is 0 Å². The highest BCUT2D eigenvalue weighted by Crippen LogP contribution is 2.11. The number of halogens is 1. The molecular formula is C14H14FN5O. The molecule has 0 radical (unpaired) electrons. The Balaban J connectivity index is 2.26. The van der Waals surface area contributed by atoms with Gasteiger partial charge in [-0.15, -0.1) is 0 Å². The Morgan fingerprint density at radius 1 is 1.43 bits per heavy atom. The second-order valence-electron chi connectivity index (χ2n) is 4.37. The number of nitriles is 1. The second-order valence-corrected chi connectivity index (χ2v) is 4.37. The molecule has 2 aromatic rings. The molecule has 0 amide bonds. The van der Waals surface area contributed by atoms with Crippen molar-refractivity contribution in [3.63, 3.8) is 0 Å². The van der Waals surface area contributed by atoms with Gasteiger partial charge in [0.15, 0.2) is 0 Å². The van der Waals surface area contributed by atoms with E-state index in [1.165, 1.54) is 35.1 Å². The van der Waals surface area contributed by atoms with Crippen molar-refractivity contribution < 1.29 is 4.39 Å². The predicted octanol–water partition coefficient (Wildman–Crippen LogP) is 0.673. The Kier molecular flexibility index (Phi) is 4.64. The maximum absolute atomic E-state index is 13.3. The van der Waals surface area contributed by atoms with E-state index in [-0.39, 0.29) is 12.1 Å². The van der Waals surface area contributed by atoms with Gasteiger partial charge in [0, 0.05) is 19.2 Å². The van der Waals surface area contributed by atoms with E-state index >= 15 is 0 Å². The summed E-state index contributed by atoms with van der Waals surface area (Å²) >= 11 is 0. The predicted molar refractivity (Wildman–Crippen MR) is 76.3 cm³/mol. The van der Waals surface area contributed by atoms with Crippen LogP contribution in [0.15, 0.2) is 35.3 Å². The Hall–Kier alpha value is -2.72. The van der Waals surface area contributed by atoms with Gasteiger partial charge < -0.3 is 11.1 Å². The monoisotopic (exact) mass is 287 g/mol. The minimum absolute atomic E-state index is 0.0383. The molecule has 0 spiro atoms. The van der Waals surface area contributed by atoms with Crippen LogP contribution in [0.5, 0.6) is 0 Å². The number of anilines is 1. The quantitative estimate of drug-likeness (QED) is 0.842. The van der Waals surface area contributed by atoms with Crippen LogP contribution in [0, 0.1) is 17.1 Å². The number of nitrogens with two attached hydrogens (primary N) is 1. The molecule has 7 heteroatoms. The molecular weight excluding hydrogens is 273 g/mol. The zero-order valence-electron chi connectivity index (χ0n) is 11.2. The smallest absolute Gasteiger partial charge is 0.269 e. The zero-order valence-corrected chi connectivity index (χ0v) is 11.2. The Bertz CT molecular complexity index is 735. The van der Waals surface area contributed by atoms with E-state index in [2.05, 4.69) is 10.4 Å². The molecule has 0 saturated heterocycles. The number of hydrogen-bond acceptors (Lipinski definition) is 5. The lowest BCUT2D eigenvalue weighted by molar-refractivity contribution is 0.610. The summed E-state index contributed by atoms with van der Waals surface area (Å²) in [6.07, 6.45) is 1.49. The first-order valence-corrected chi connectivity index (χ1v) is 6.33. The molecule has 0 aliphatic rings. The molecule has 0 atom stereocenters. The lowest BCUT2D eigenvalue weighted by atomic mass is 10.1. The van der Waals surface area contributed by atoms with Gasteiger partial charge in [0.2, 0.25) is 0 Å². The highest BCUT2D eigenvalue weighted by molar-refractivity contribution is 5.40. The molecule has 0 unspecified atom stereocenters. The zero-order chi connectivity index (χ0) is 15.2. The van der Waals surface area contributed by atoms with E-state index in [1.807, 2.05) is 6.07 Å². The van der Waals surface area contributed by atoms with Gasteiger partial charge >= 0.3 is 0 Å². The molecule has 108 valence electrons. The number of benzene rings is 1. The highest BCUT2D eigenvalue weighted by Gasteiger charge is 2.07. The Labute approximate surface area is 120 Å². The molecule has 0 aliphatic heterocycles. The topological polar surface area (TPSA) is 96.7 Å². The average Bonchev–Trinajstić information content (AvgIpc) is 2.48. The van der Waals surface area contributed by atoms with Crippen molar-refractivity contribution >= 4 is 5.69 Å². The first kappa shape index (κ1) is 14.7. The van der Waals surface area contributed by atoms with Crippen molar-refractivity contribution in [3.8, 4) is 6.07 Å². The maximum atomic E-state index is 13.3. The molecule has 0 bridgehead atoms. The molecule has 21 heavy (non-hydrogen) atoms. The normalized spacial score (nSPS) is 10.1. The Morgan fingerprint density at radius 3 is 2.90 bits per heavy atom. The number of nitrogens with one attached hydrogen (secondary N) is 1. The SMILES string of the molecule is N#Cc1ccc(F)cc1Cn1ncc(NCCN)cc1=O. The molecule has 1 aromatic heterocycles. The van der Waals surface area contributed by atoms with Crippen molar-refractivity contribution in [2.75, 3.05) is 18.4 Å². The van der Waals surface area contributed by atoms with Crippen LogP contribution < -0.4 is 16.6 Å². The summed E-state index contributed by atoms with van der Waals surface area (Å²) in [7, 11) is 0. The first-order valence-electron chi connectivity index (χ1n) is 6.33. The van der Waals surface area contributed by atoms with Crippen molar-refractivity contribution in [1.82, 2.24) is 9.78 Å². The minimum atomic E-state index is -0.460. The molecule has 0 fully saturated rings. The fourth-order valence-corrected chi connectivity index (χ4v) is 1.83. The summed E-state index contributed by atoms with van der Waals surface area (Å²) < 4.78 is 14.4. The van der Waals surface area contributed by atoms with Crippen LogP contribution in [0.3, 0.4) is 0 Å². The van der Waals surface area contributed by atoms with Gasteiger partial charge in [0.1, 0.15) is 5.82 Å². The molecule has 3 N–H and O–H groups in total. The summed E-state index contributed by atoms with van der Waals surface area (Å²) in [6, 6.07) is 7.17. The van der Waals surface area contributed by atoms with Crippen molar-refractivity contribution in [3.05, 3.63) is 57.8 Å². The summed E-state index contributed by atoms with van der Waals surface area (Å²) in [6.45, 7) is 1.02. The molecule has 6 nitrogen and oxygen atoms in total. The molecule has 1 heterocycles. The first-order chi connectivity index (χ1) is 10.1. The number of nitrogens with zero attached hydrogens (tertiary/aromatic N) is 3. The van der Waals surface area contributed by atoms with Crippen molar-refractivity contribution in [2.24, 2.45) is 5.73 Å². The van der Waals surface area contributed by atoms with E-state index < -0.39 is 5.82 Å². The number of rotatable bonds is 5. The average molecular weight is 287 g/mol. The third-order valence-corrected chi connectivity index (χ3v) is 2.85. The lowest BCUT2D eigenvalue weighted by Crippen LogP contribution is -2.24. The molecule has 2 rings (SSSR count). The van der Waals surface area contributed by atoms with Crippen molar-refractivity contribution in [2.45, 2.75) is 6.54 Å². The largest absolute Gasteiger partial charge is 0.382 e. The number of hydrogen-bond donors (Lipinski definition) is 2. The van der Waals surface area contributed by atoms with Gasteiger partial charge in [-0.05, 0) is 23.8 Å². The minimum Gasteiger partial charge on any atom is -0.382 e. The van der Waals surface area contributed by atoms with Gasteiger partial charge in [-0.25, -0.2) is 9.07 Å². The standard InChI is InChI=1S/C14H14FN5O/c15-12-2-1-10(7-17)11(5-12)9-20-14(21)6-13(8-19-20)18-4-3-16/h1-2,5-6,8,18H,3-4,9,16H2. The van der Waals surface area contributed by atoms with Crippen LogP contribution in [-0.4, -0.2) is 22.9 Å². The van der Waals surface area contributed by atoms with E-state index in [0.29, 0.717) is 29.9 Å². The van der Waals surface area contributed by atoms with Crippen LogP contribution in [0.4, 0.5) is 10.1 Å². The summed E-state index contributed by atoms with van der Waals surface area (Å²) in [5.74, 6) is -0.460. The molecule has 1 aromatic carbocycles. The highest BCUT2D eigenvalue weighted by atomic mass is 19.1. The van der Waals surface area contributed by atoms with Crippen LogP contribution in [0.25, 0.3) is 0 Å². The Morgan fingerprint density at radius 2 is 2.24 bits per heavy atom. The summed E-state index contributed by atoms with van der Waals surface area (Å²) in [5, 5.41) is 15.9. The third-order valence-electron chi connectivity index (χ3n) is 2.85. The summed E-state index contributed by atoms with van der Waals surface area (Å²) in [4.78, 5) is 11.9.